The van der Waals surface area contributed by atoms with Crippen LogP contribution in [0.1, 0.15) is 58.4 Å². The summed E-state index contributed by atoms with van der Waals surface area (Å²) >= 11 is 0. The summed E-state index contributed by atoms with van der Waals surface area (Å²) in [6.45, 7) is 2.29. The zero-order valence-electron chi connectivity index (χ0n) is 16.9. The molecule has 1 N–H and O–H groups in total. The summed E-state index contributed by atoms with van der Waals surface area (Å²) in [4.78, 5) is 27.5. The van der Waals surface area contributed by atoms with Crippen molar-refractivity contribution in [2.45, 2.75) is 38.6 Å². The highest BCUT2D eigenvalue weighted by Crippen LogP contribution is 2.47. The lowest BCUT2D eigenvalue weighted by Crippen LogP contribution is -2.49. The Morgan fingerprint density at radius 3 is 2.80 bits per heavy atom. The van der Waals surface area contributed by atoms with Crippen molar-refractivity contribution in [1.82, 2.24) is 19.8 Å². The van der Waals surface area contributed by atoms with Crippen LogP contribution in [0, 0.1) is 5.41 Å². The Kier molecular flexibility index (Phi) is 3.79. The summed E-state index contributed by atoms with van der Waals surface area (Å²) in [6, 6.07) is 11.8. The van der Waals surface area contributed by atoms with Crippen molar-refractivity contribution in [2.75, 3.05) is 13.1 Å². The fraction of sp³-hybridized carbons (Fsp3) is 0.375. The molecule has 2 amide bonds. The molecule has 2 aliphatic heterocycles. The molecule has 30 heavy (non-hydrogen) atoms. The fourth-order valence-corrected chi connectivity index (χ4v) is 5.40. The minimum absolute atomic E-state index is 0.0367. The third kappa shape index (κ3) is 2.59. The molecule has 0 atom stereocenters. The first-order chi connectivity index (χ1) is 14.6. The van der Waals surface area contributed by atoms with Crippen LogP contribution in [-0.2, 0) is 6.54 Å². The molecule has 1 saturated heterocycles. The van der Waals surface area contributed by atoms with Crippen LogP contribution in [-0.4, -0.2) is 39.4 Å². The van der Waals surface area contributed by atoms with E-state index in [-0.39, 0.29) is 11.8 Å². The number of nitrogens with zero attached hydrogens (tertiary/aromatic N) is 3. The molecule has 3 aliphatic rings. The molecule has 152 valence electrons. The van der Waals surface area contributed by atoms with E-state index in [4.69, 9.17) is 0 Å². The second kappa shape index (κ2) is 6.42. The Morgan fingerprint density at radius 2 is 1.97 bits per heavy atom. The van der Waals surface area contributed by atoms with E-state index < -0.39 is 0 Å². The number of fused-ring (bicyclic) bond motifs is 2. The number of amides is 2. The first-order valence-electron chi connectivity index (χ1n) is 10.8. The average molecular weight is 400 g/mol. The lowest BCUT2D eigenvalue weighted by Gasteiger charge is -2.48. The molecule has 1 aliphatic carbocycles. The van der Waals surface area contributed by atoms with Crippen LogP contribution >= 0.6 is 0 Å². The number of carbonyl (C=O) groups is 2. The van der Waals surface area contributed by atoms with Crippen molar-refractivity contribution in [3.63, 3.8) is 0 Å². The molecule has 6 rings (SSSR count). The predicted octanol–water partition coefficient (Wildman–Crippen LogP) is 3.65. The first kappa shape index (κ1) is 17.7. The van der Waals surface area contributed by atoms with Gasteiger partial charge in [0.1, 0.15) is 0 Å². The molecule has 6 nitrogen and oxygen atoms in total. The van der Waals surface area contributed by atoms with E-state index >= 15 is 0 Å². The monoisotopic (exact) mass is 400 g/mol. The maximum Gasteiger partial charge on any atom is 0.257 e. The quantitative estimate of drug-likeness (QED) is 0.714. The van der Waals surface area contributed by atoms with Gasteiger partial charge in [0.2, 0.25) is 0 Å². The number of pyridine rings is 1. The summed E-state index contributed by atoms with van der Waals surface area (Å²) in [7, 11) is 0. The number of carbonyl (C=O) groups excluding carboxylic acids is 2. The average Bonchev–Trinajstić information content (AvgIpc) is 3.35. The smallest absolute Gasteiger partial charge is 0.257 e. The van der Waals surface area contributed by atoms with E-state index in [1.54, 1.807) is 6.20 Å². The molecule has 0 bridgehead atoms. The van der Waals surface area contributed by atoms with Gasteiger partial charge in [-0.3, -0.25) is 9.59 Å². The van der Waals surface area contributed by atoms with E-state index in [1.807, 2.05) is 45.8 Å². The van der Waals surface area contributed by atoms with Gasteiger partial charge in [0, 0.05) is 30.8 Å². The fourth-order valence-electron chi connectivity index (χ4n) is 5.40. The summed E-state index contributed by atoms with van der Waals surface area (Å²) in [5.74, 6) is 0.0480. The number of benzene rings is 1. The van der Waals surface area contributed by atoms with Crippen molar-refractivity contribution < 1.29 is 9.59 Å². The molecule has 0 radical (unpaired) electrons. The minimum Gasteiger partial charge on any atom is -0.348 e. The van der Waals surface area contributed by atoms with Gasteiger partial charge in [-0.1, -0.05) is 24.6 Å². The standard InChI is InChI=1S/C24H24N4O2/c29-22-18-12-16(6-7-17(18)13-25-22)20-4-1-5-21-19(14-26-28(20)21)23(30)27-11-3-10-24(15-27)8-2-9-24/h1,4-7,12,14H,2-3,8-11,13,15H2,(H,25,29). The van der Waals surface area contributed by atoms with E-state index in [9.17, 15) is 9.59 Å². The Bertz CT molecular complexity index is 1190. The van der Waals surface area contributed by atoms with Crippen LogP contribution in [0.3, 0.4) is 0 Å². The lowest BCUT2D eigenvalue weighted by molar-refractivity contribution is 0.0186. The van der Waals surface area contributed by atoms with Crippen molar-refractivity contribution in [3.05, 3.63) is 59.3 Å². The summed E-state index contributed by atoms with van der Waals surface area (Å²) < 4.78 is 1.82. The molecule has 4 heterocycles. The molecule has 6 heteroatoms. The summed E-state index contributed by atoms with van der Waals surface area (Å²) in [6.07, 6.45) is 7.84. The van der Waals surface area contributed by atoms with Crippen LogP contribution in [0.4, 0.5) is 0 Å². The van der Waals surface area contributed by atoms with Crippen LogP contribution in [0.15, 0.2) is 42.6 Å². The summed E-state index contributed by atoms with van der Waals surface area (Å²) in [5, 5.41) is 7.42. The predicted molar refractivity (Wildman–Crippen MR) is 113 cm³/mol. The number of piperidine rings is 1. The van der Waals surface area contributed by atoms with Gasteiger partial charge in [-0.05, 0) is 54.9 Å². The zero-order valence-corrected chi connectivity index (χ0v) is 16.9. The highest BCUT2D eigenvalue weighted by atomic mass is 16.2. The Balaban J connectivity index is 1.37. The number of nitrogens with one attached hydrogen (secondary N) is 1. The largest absolute Gasteiger partial charge is 0.348 e. The highest BCUT2D eigenvalue weighted by molar-refractivity contribution is 6.01. The van der Waals surface area contributed by atoms with Crippen LogP contribution in [0.25, 0.3) is 16.8 Å². The van der Waals surface area contributed by atoms with Gasteiger partial charge in [0.25, 0.3) is 11.8 Å². The van der Waals surface area contributed by atoms with Gasteiger partial charge < -0.3 is 10.2 Å². The molecule has 2 fully saturated rings. The zero-order chi connectivity index (χ0) is 20.3. The van der Waals surface area contributed by atoms with E-state index in [0.29, 0.717) is 23.1 Å². The van der Waals surface area contributed by atoms with Gasteiger partial charge in [-0.25, -0.2) is 4.52 Å². The number of likely N-dealkylation sites (tertiary alicyclic amines) is 1. The van der Waals surface area contributed by atoms with Gasteiger partial charge in [0.15, 0.2) is 0 Å². The first-order valence-corrected chi connectivity index (χ1v) is 10.8. The maximum atomic E-state index is 13.4. The van der Waals surface area contributed by atoms with Crippen LogP contribution < -0.4 is 5.32 Å². The summed E-state index contributed by atoms with van der Waals surface area (Å²) in [5.41, 5.74) is 5.37. The lowest BCUT2D eigenvalue weighted by atomic mass is 9.64. The SMILES string of the molecule is O=C1NCc2ccc(-c3cccc4c(C(=O)N5CCCC6(CCC6)C5)cnn34)cc21. The van der Waals surface area contributed by atoms with Crippen molar-refractivity contribution in [3.8, 4) is 11.3 Å². The minimum atomic E-state index is -0.0367. The van der Waals surface area contributed by atoms with Crippen molar-refractivity contribution >= 4 is 17.3 Å². The van der Waals surface area contributed by atoms with Gasteiger partial charge in [0.05, 0.1) is 23.0 Å². The van der Waals surface area contributed by atoms with Crippen LogP contribution in [0.5, 0.6) is 0 Å². The molecular formula is C24H24N4O2. The van der Waals surface area contributed by atoms with Gasteiger partial charge in [-0.15, -0.1) is 0 Å². The number of hydrogen-bond donors (Lipinski definition) is 1. The Labute approximate surface area is 174 Å². The molecule has 1 aromatic carbocycles. The Morgan fingerprint density at radius 1 is 1.10 bits per heavy atom. The van der Waals surface area contributed by atoms with Crippen molar-refractivity contribution in [1.29, 1.82) is 0 Å². The van der Waals surface area contributed by atoms with Gasteiger partial charge in [-0.2, -0.15) is 5.10 Å². The second-order valence-electron chi connectivity index (χ2n) is 9.00. The van der Waals surface area contributed by atoms with Crippen LogP contribution in [0.2, 0.25) is 0 Å². The molecule has 1 spiro atoms. The third-order valence-electron chi connectivity index (χ3n) is 7.23. The normalized spacial score (nSPS) is 19.6. The molecule has 1 saturated carbocycles. The topological polar surface area (TPSA) is 66.7 Å². The van der Waals surface area contributed by atoms with E-state index in [2.05, 4.69) is 10.4 Å². The van der Waals surface area contributed by atoms with Gasteiger partial charge >= 0.3 is 0 Å². The molecule has 0 unspecified atom stereocenters. The number of aromatic nitrogens is 2. The van der Waals surface area contributed by atoms with E-state index in [0.717, 1.165) is 41.8 Å². The highest BCUT2D eigenvalue weighted by Gasteiger charge is 2.42. The third-order valence-corrected chi connectivity index (χ3v) is 7.23. The molecular weight excluding hydrogens is 376 g/mol. The Hall–Kier alpha value is -3.15. The molecule has 2 aromatic heterocycles. The number of rotatable bonds is 2. The number of hydrogen-bond acceptors (Lipinski definition) is 3. The molecule has 3 aromatic rings. The van der Waals surface area contributed by atoms with E-state index in [1.165, 1.54) is 25.7 Å². The van der Waals surface area contributed by atoms with Crippen molar-refractivity contribution in [2.24, 2.45) is 5.41 Å². The maximum absolute atomic E-state index is 13.4. The second-order valence-corrected chi connectivity index (χ2v) is 9.00.